The second-order valence-electron chi connectivity index (χ2n) is 4.86. The molecule has 3 N–H and O–H groups in total. The first-order valence-corrected chi connectivity index (χ1v) is 7.33. The normalized spacial score (nSPS) is 22.5. The van der Waals surface area contributed by atoms with E-state index < -0.39 is 12.1 Å². The minimum Gasteiger partial charge on any atom is -0.377 e. The Morgan fingerprint density at radius 2 is 2.40 bits per heavy atom. The number of hydrogen-bond acceptors (Lipinski definition) is 6. The second-order valence-corrected chi connectivity index (χ2v) is 4.86. The molecule has 2 atom stereocenters. The summed E-state index contributed by atoms with van der Waals surface area (Å²) in [6.45, 7) is 2.06. The van der Waals surface area contributed by atoms with E-state index in [2.05, 4.69) is 20.9 Å². The van der Waals surface area contributed by atoms with Crippen molar-refractivity contribution in [3.05, 3.63) is 35.9 Å². The number of allylic oxidation sites excluding steroid dienone is 1. The molecule has 2 rings (SSSR count). The number of ether oxygens (including phenoxy) is 3. The highest BCUT2D eigenvalue weighted by Crippen LogP contribution is 2.24. The van der Waals surface area contributed by atoms with Gasteiger partial charge in [-0.3, -0.25) is 9.79 Å². The number of hydrogen-bond donors (Lipinski definition) is 2. The second kappa shape index (κ2) is 10.2. The number of H-pyrrole nitrogens is 1. The van der Waals surface area contributed by atoms with Crippen LogP contribution in [0.2, 0.25) is 0 Å². The van der Waals surface area contributed by atoms with Gasteiger partial charge < -0.3 is 24.9 Å². The van der Waals surface area contributed by atoms with Gasteiger partial charge in [-0.15, -0.1) is 6.42 Å². The molecule has 0 fully saturated rings. The topological polar surface area (TPSA) is 112 Å². The van der Waals surface area contributed by atoms with Crippen molar-refractivity contribution in [3.63, 3.8) is 0 Å². The van der Waals surface area contributed by atoms with Crippen molar-refractivity contribution in [1.29, 1.82) is 0 Å². The molecule has 0 saturated carbocycles. The van der Waals surface area contributed by atoms with Crippen molar-refractivity contribution in [1.82, 2.24) is 9.97 Å². The Hall–Kier alpha value is -2.73. The number of nitrogens with one attached hydrogen (secondary N) is 1. The number of aryl methyl sites for hydroxylation is 1. The fourth-order valence-electron chi connectivity index (χ4n) is 1.81. The molecule has 0 aromatic carbocycles. The lowest BCUT2D eigenvalue weighted by atomic mass is 10.3. The minimum atomic E-state index is -0.928. The van der Waals surface area contributed by atoms with E-state index in [9.17, 15) is 4.79 Å². The van der Waals surface area contributed by atoms with E-state index in [-0.39, 0.29) is 12.4 Å². The van der Waals surface area contributed by atoms with E-state index in [4.69, 9.17) is 26.4 Å². The molecule has 2 heterocycles. The zero-order chi connectivity index (χ0) is 18.7. The van der Waals surface area contributed by atoms with E-state index in [1.165, 1.54) is 13.2 Å². The van der Waals surface area contributed by atoms with Gasteiger partial charge in [0.05, 0.1) is 11.9 Å². The molecule has 134 valence electrons. The highest BCUT2D eigenvalue weighted by atomic mass is 16.8. The molecule has 1 aliphatic heterocycles. The van der Waals surface area contributed by atoms with E-state index in [0.717, 1.165) is 17.8 Å². The van der Waals surface area contributed by atoms with Gasteiger partial charge in [-0.2, -0.15) is 0 Å². The summed E-state index contributed by atoms with van der Waals surface area (Å²) in [5, 5.41) is 0. The van der Waals surface area contributed by atoms with Crippen LogP contribution in [0.25, 0.3) is 6.08 Å². The van der Waals surface area contributed by atoms with E-state index in [0.29, 0.717) is 0 Å². The van der Waals surface area contributed by atoms with Gasteiger partial charge in [0, 0.05) is 14.2 Å². The first-order chi connectivity index (χ1) is 12.0. The fourth-order valence-corrected chi connectivity index (χ4v) is 1.81. The molecule has 1 aromatic heterocycles. The van der Waals surface area contributed by atoms with Gasteiger partial charge in [0.2, 0.25) is 5.79 Å². The lowest BCUT2D eigenvalue weighted by Gasteiger charge is -2.24. The van der Waals surface area contributed by atoms with Crippen LogP contribution in [0.1, 0.15) is 11.5 Å². The number of aliphatic imine (C=N–C) groups is 1. The number of amidine groups is 1. The van der Waals surface area contributed by atoms with Gasteiger partial charge in [0.1, 0.15) is 18.7 Å². The van der Waals surface area contributed by atoms with Crippen molar-refractivity contribution < 1.29 is 19.0 Å². The van der Waals surface area contributed by atoms with Gasteiger partial charge in [-0.1, -0.05) is 0 Å². The maximum atomic E-state index is 9.86. The molecule has 0 radical (unpaired) electrons. The highest BCUT2D eigenvalue weighted by molar-refractivity contribution is 5.96. The number of nitrogens with zero attached hydrogens (tertiary/aromatic N) is 2. The average molecular weight is 346 g/mol. The van der Waals surface area contributed by atoms with Crippen molar-refractivity contribution in [2.24, 2.45) is 10.7 Å². The monoisotopic (exact) mass is 346 g/mol. The Labute approximate surface area is 146 Å². The zero-order valence-corrected chi connectivity index (χ0v) is 14.4. The van der Waals surface area contributed by atoms with Crippen LogP contribution < -0.4 is 5.73 Å². The van der Waals surface area contributed by atoms with Gasteiger partial charge in [0.25, 0.3) is 0 Å². The Morgan fingerprint density at radius 3 is 2.88 bits per heavy atom. The summed E-state index contributed by atoms with van der Waals surface area (Å²) in [5.41, 5.74) is 6.23. The Bertz CT molecular complexity index is 687. The highest BCUT2D eigenvalue weighted by Gasteiger charge is 2.35. The fraction of sp³-hybridized carbons (Fsp3) is 0.353. The first-order valence-electron chi connectivity index (χ1n) is 7.33. The summed E-state index contributed by atoms with van der Waals surface area (Å²) in [7, 11) is 3.06. The number of aldehydes is 1. The third-order valence-electron chi connectivity index (χ3n) is 3.10. The Morgan fingerprint density at radius 1 is 1.64 bits per heavy atom. The van der Waals surface area contributed by atoms with E-state index in [1.807, 2.05) is 6.92 Å². The number of imidazole rings is 1. The third kappa shape index (κ3) is 6.73. The maximum absolute atomic E-state index is 9.86. The zero-order valence-electron chi connectivity index (χ0n) is 14.4. The van der Waals surface area contributed by atoms with Crippen molar-refractivity contribution >= 4 is 18.2 Å². The van der Waals surface area contributed by atoms with Crippen LogP contribution in [0, 0.1) is 19.3 Å². The van der Waals surface area contributed by atoms with Crippen LogP contribution in [0.3, 0.4) is 0 Å². The van der Waals surface area contributed by atoms with Crippen molar-refractivity contribution in [3.8, 4) is 12.3 Å². The number of carbonyl (C=O) groups is 1. The summed E-state index contributed by atoms with van der Waals surface area (Å²) in [5.74, 6) is 2.26. The number of nitrogens with two attached hydrogens (primary N) is 1. The van der Waals surface area contributed by atoms with Gasteiger partial charge in [-0.25, -0.2) is 4.98 Å². The molecule has 0 spiro atoms. The summed E-state index contributed by atoms with van der Waals surface area (Å²) >= 11 is 0. The lowest BCUT2D eigenvalue weighted by molar-refractivity contribution is -0.236. The number of methoxy groups -OCH3 is 2. The summed E-state index contributed by atoms with van der Waals surface area (Å²) in [6.07, 6.45) is 13.6. The molecule has 1 aromatic rings. The molecule has 8 heteroatoms. The smallest absolute Gasteiger partial charge is 0.210 e. The molecule has 0 bridgehead atoms. The molecule has 0 aliphatic carbocycles. The van der Waals surface area contributed by atoms with Crippen LogP contribution in [0.5, 0.6) is 0 Å². The molecule has 8 nitrogen and oxygen atoms in total. The SMILES string of the molecule is C#CC(N)=NCC1(OC)C=CC(OC)O1.Cc1ncc(/C=C/C=O)[nH]1. The number of terminal acetylenes is 1. The molecule has 1 aliphatic rings. The van der Waals surface area contributed by atoms with Gasteiger partial charge in [-0.05, 0) is 37.1 Å². The summed E-state index contributed by atoms with van der Waals surface area (Å²) in [4.78, 5) is 20.7. The molecule has 25 heavy (non-hydrogen) atoms. The van der Waals surface area contributed by atoms with Crippen molar-refractivity contribution in [2.75, 3.05) is 20.8 Å². The first kappa shape index (κ1) is 20.3. The molecular formula is C17H22N4O4. The van der Waals surface area contributed by atoms with Crippen LogP contribution in [-0.2, 0) is 19.0 Å². The minimum absolute atomic E-state index is 0.115. The predicted molar refractivity (Wildman–Crippen MR) is 94.5 cm³/mol. The quantitative estimate of drug-likeness (QED) is 0.197. The molecular weight excluding hydrogens is 324 g/mol. The maximum Gasteiger partial charge on any atom is 0.210 e. The Balaban J connectivity index is 0.000000271. The molecule has 2 unspecified atom stereocenters. The number of rotatable bonds is 6. The van der Waals surface area contributed by atoms with Crippen LogP contribution in [0.15, 0.2) is 29.4 Å². The summed E-state index contributed by atoms with van der Waals surface area (Å²) < 4.78 is 15.7. The Kier molecular flexibility index (Phi) is 8.29. The average Bonchev–Trinajstić information content (AvgIpc) is 3.25. The van der Waals surface area contributed by atoms with Crippen LogP contribution in [-0.4, -0.2) is 54.9 Å². The van der Waals surface area contributed by atoms with Crippen LogP contribution >= 0.6 is 0 Å². The van der Waals surface area contributed by atoms with Crippen LogP contribution in [0.4, 0.5) is 0 Å². The number of aromatic amines is 1. The van der Waals surface area contributed by atoms with E-state index >= 15 is 0 Å². The third-order valence-corrected chi connectivity index (χ3v) is 3.10. The lowest BCUT2D eigenvalue weighted by Crippen LogP contribution is -2.36. The molecule has 0 saturated heterocycles. The molecule has 0 amide bonds. The largest absolute Gasteiger partial charge is 0.377 e. The number of carbonyl (C=O) groups excluding carboxylic acids is 1. The predicted octanol–water partition coefficient (Wildman–Crippen LogP) is 0.809. The van der Waals surface area contributed by atoms with E-state index in [1.54, 1.807) is 31.5 Å². The van der Waals surface area contributed by atoms with Gasteiger partial charge in [0.15, 0.2) is 12.1 Å². The standard InChI is InChI=1S/C10H14N2O3.C7H8N2O/c1-4-8(11)12-7-10(14-3)6-5-9(13-2)15-10;1-6-8-5-7(9-6)3-2-4-10/h1,5-6,9H,7H2,2-3H3,(H2,11,12);2-5H,1H3,(H,8,9)/b;3-2+. The van der Waals surface area contributed by atoms with Gasteiger partial charge >= 0.3 is 0 Å². The number of aromatic nitrogens is 2. The van der Waals surface area contributed by atoms with Crippen molar-refractivity contribution in [2.45, 2.75) is 19.0 Å². The summed E-state index contributed by atoms with van der Waals surface area (Å²) in [6, 6.07) is 0.